The van der Waals surface area contributed by atoms with Crippen molar-refractivity contribution >= 4 is 33.8 Å². The van der Waals surface area contributed by atoms with Crippen molar-refractivity contribution in [3.63, 3.8) is 0 Å². The summed E-state index contributed by atoms with van der Waals surface area (Å²) in [5.74, 6) is 0.710. The Balaban J connectivity index is 1.60. The molecule has 0 atom stereocenters. The lowest BCUT2D eigenvalue weighted by Gasteiger charge is -2.05. The van der Waals surface area contributed by atoms with Crippen LogP contribution in [0.2, 0.25) is 0 Å². The molecular formula is C18H14N4O2S. The molecule has 1 amide bonds. The molecule has 1 N–H and O–H groups in total. The maximum absolute atomic E-state index is 12.5. The van der Waals surface area contributed by atoms with Gasteiger partial charge < -0.3 is 9.73 Å². The molecule has 1 aromatic carbocycles. The number of nitrogens with one attached hydrogen (secondary N) is 1. The fourth-order valence-corrected chi connectivity index (χ4v) is 3.38. The molecule has 0 fully saturated rings. The first-order valence-corrected chi connectivity index (χ1v) is 8.50. The molecule has 0 bridgehead atoms. The molecular weight excluding hydrogens is 336 g/mol. The Morgan fingerprint density at radius 3 is 2.76 bits per heavy atom. The smallest absolute Gasteiger partial charge is 0.274 e. The minimum Gasteiger partial charge on any atom is -0.420 e. The quantitative estimate of drug-likeness (QED) is 0.598. The highest BCUT2D eigenvalue weighted by molar-refractivity contribution is 7.15. The Kier molecular flexibility index (Phi) is 3.77. The molecule has 0 aliphatic carbocycles. The number of carbonyl (C=O) groups is 1. The van der Waals surface area contributed by atoms with Crippen LogP contribution in [-0.2, 0) is 0 Å². The Bertz CT molecular complexity index is 1080. The van der Waals surface area contributed by atoms with E-state index in [9.17, 15) is 4.79 Å². The topological polar surface area (TPSA) is 80.9 Å². The van der Waals surface area contributed by atoms with Crippen LogP contribution in [0.25, 0.3) is 21.7 Å². The molecule has 7 heteroatoms. The Labute approximate surface area is 147 Å². The van der Waals surface area contributed by atoms with Crippen LogP contribution in [0, 0.1) is 13.8 Å². The molecule has 0 saturated carbocycles. The van der Waals surface area contributed by atoms with Crippen molar-refractivity contribution in [2.75, 3.05) is 5.32 Å². The largest absolute Gasteiger partial charge is 0.420 e. The van der Waals surface area contributed by atoms with Crippen molar-refractivity contribution in [1.29, 1.82) is 0 Å². The minimum absolute atomic E-state index is 0.250. The second-order valence-electron chi connectivity index (χ2n) is 5.55. The fraction of sp³-hybridized carbons (Fsp3) is 0.111. The summed E-state index contributed by atoms with van der Waals surface area (Å²) >= 11 is 1.49. The van der Waals surface area contributed by atoms with Crippen LogP contribution in [0.3, 0.4) is 0 Å². The molecule has 4 aromatic rings. The number of fused-ring (bicyclic) bond motifs is 1. The van der Waals surface area contributed by atoms with E-state index in [1.807, 2.05) is 43.3 Å². The molecule has 3 aromatic heterocycles. The Hall–Kier alpha value is -3.06. The average Bonchev–Trinajstić information content (AvgIpc) is 3.20. The summed E-state index contributed by atoms with van der Waals surface area (Å²) in [4.78, 5) is 18.7. The number of anilines is 1. The Morgan fingerprint density at radius 2 is 1.96 bits per heavy atom. The lowest BCUT2D eigenvalue weighted by molar-refractivity contribution is 0.102. The van der Waals surface area contributed by atoms with Gasteiger partial charge in [-0.05, 0) is 25.1 Å². The van der Waals surface area contributed by atoms with Crippen molar-refractivity contribution < 1.29 is 9.21 Å². The third kappa shape index (κ3) is 3.01. The SMILES string of the molecule is Cc1nnc(-c2cc(NC(=O)c3ccc4ccccc4n3)c(C)s2)o1. The zero-order valence-corrected chi connectivity index (χ0v) is 14.4. The molecule has 124 valence electrons. The summed E-state index contributed by atoms with van der Waals surface area (Å²) in [6.45, 7) is 3.67. The van der Waals surface area contributed by atoms with E-state index in [1.165, 1.54) is 11.3 Å². The van der Waals surface area contributed by atoms with Gasteiger partial charge in [-0.3, -0.25) is 4.79 Å². The van der Waals surface area contributed by atoms with Gasteiger partial charge in [0, 0.05) is 17.2 Å². The van der Waals surface area contributed by atoms with Crippen molar-refractivity contribution in [3.8, 4) is 10.8 Å². The molecule has 0 unspecified atom stereocenters. The first-order chi connectivity index (χ1) is 12.1. The normalized spacial score (nSPS) is 11.0. The first-order valence-electron chi connectivity index (χ1n) is 7.68. The van der Waals surface area contributed by atoms with Gasteiger partial charge in [0.1, 0.15) is 5.69 Å². The maximum Gasteiger partial charge on any atom is 0.274 e. The molecule has 0 aliphatic rings. The van der Waals surface area contributed by atoms with Gasteiger partial charge in [0.15, 0.2) is 0 Å². The molecule has 0 spiro atoms. The molecule has 0 aliphatic heterocycles. The summed E-state index contributed by atoms with van der Waals surface area (Å²) < 4.78 is 5.44. The first kappa shape index (κ1) is 15.5. The molecule has 3 heterocycles. The van der Waals surface area contributed by atoms with E-state index in [0.717, 1.165) is 26.3 Å². The van der Waals surface area contributed by atoms with Gasteiger partial charge >= 0.3 is 0 Å². The zero-order valence-electron chi connectivity index (χ0n) is 13.6. The van der Waals surface area contributed by atoms with E-state index in [1.54, 1.807) is 13.0 Å². The van der Waals surface area contributed by atoms with Crippen molar-refractivity contribution in [2.24, 2.45) is 0 Å². The highest BCUT2D eigenvalue weighted by atomic mass is 32.1. The van der Waals surface area contributed by atoms with Crippen molar-refractivity contribution in [3.05, 3.63) is 58.9 Å². The van der Waals surface area contributed by atoms with Gasteiger partial charge in [-0.2, -0.15) is 0 Å². The standard InChI is InChI=1S/C18H14N4O2S/c1-10-15(9-16(25-10)18-22-21-11(2)24-18)20-17(23)14-8-7-12-5-3-4-6-13(12)19-14/h3-9H,1-2H3,(H,20,23). The summed E-state index contributed by atoms with van der Waals surface area (Å²) in [5, 5.41) is 11.7. The number of aryl methyl sites for hydroxylation is 2. The van der Waals surface area contributed by atoms with Crippen LogP contribution in [0.5, 0.6) is 0 Å². The number of pyridine rings is 1. The number of aromatic nitrogens is 3. The second kappa shape index (κ2) is 6.10. The van der Waals surface area contributed by atoms with Crippen LogP contribution in [-0.4, -0.2) is 21.1 Å². The lowest BCUT2D eigenvalue weighted by Crippen LogP contribution is -2.13. The number of hydrogen-bond donors (Lipinski definition) is 1. The zero-order chi connectivity index (χ0) is 17.4. The number of nitrogens with zero attached hydrogens (tertiary/aromatic N) is 3. The minimum atomic E-state index is -0.250. The van der Waals surface area contributed by atoms with Gasteiger partial charge in [-0.15, -0.1) is 21.5 Å². The third-order valence-electron chi connectivity index (χ3n) is 3.73. The van der Waals surface area contributed by atoms with Crippen LogP contribution < -0.4 is 5.32 Å². The van der Waals surface area contributed by atoms with Gasteiger partial charge in [-0.25, -0.2) is 4.98 Å². The van der Waals surface area contributed by atoms with E-state index >= 15 is 0 Å². The number of carbonyl (C=O) groups excluding carboxylic acids is 1. The summed E-state index contributed by atoms with van der Waals surface area (Å²) in [6, 6.07) is 13.2. The third-order valence-corrected chi connectivity index (χ3v) is 4.77. The van der Waals surface area contributed by atoms with Crippen molar-refractivity contribution in [1.82, 2.24) is 15.2 Å². The maximum atomic E-state index is 12.5. The van der Waals surface area contributed by atoms with Crippen LogP contribution in [0.4, 0.5) is 5.69 Å². The number of thiophene rings is 1. The Morgan fingerprint density at radius 1 is 1.12 bits per heavy atom. The predicted molar refractivity (Wildman–Crippen MR) is 96.8 cm³/mol. The molecule has 25 heavy (non-hydrogen) atoms. The van der Waals surface area contributed by atoms with E-state index in [2.05, 4.69) is 20.5 Å². The number of hydrogen-bond acceptors (Lipinski definition) is 6. The second-order valence-corrected chi connectivity index (χ2v) is 6.81. The number of para-hydroxylation sites is 1. The number of benzene rings is 1. The molecule has 0 saturated heterocycles. The molecule has 4 rings (SSSR count). The predicted octanol–water partition coefficient (Wildman–Crippen LogP) is 4.22. The van der Waals surface area contributed by atoms with Gasteiger partial charge in [-0.1, -0.05) is 24.3 Å². The fourth-order valence-electron chi connectivity index (χ4n) is 2.49. The summed E-state index contributed by atoms with van der Waals surface area (Å²) in [7, 11) is 0. The van der Waals surface area contributed by atoms with E-state index in [-0.39, 0.29) is 5.91 Å². The molecule has 0 radical (unpaired) electrons. The number of rotatable bonds is 3. The summed E-state index contributed by atoms with van der Waals surface area (Å²) in [6.07, 6.45) is 0. The highest BCUT2D eigenvalue weighted by Gasteiger charge is 2.15. The molecule has 6 nitrogen and oxygen atoms in total. The van der Waals surface area contributed by atoms with Gasteiger partial charge in [0.05, 0.1) is 16.1 Å². The van der Waals surface area contributed by atoms with Gasteiger partial charge in [0.2, 0.25) is 5.89 Å². The average molecular weight is 350 g/mol. The highest BCUT2D eigenvalue weighted by Crippen LogP contribution is 2.33. The van der Waals surface area contributed by atoms with Crippen molar-refractivity contribution in [2.45, 2.75) is 13.8 Å². The van der Waals surface area contributed by atoms with E-state index in [0.29, 0.717) is 17.5 Å². The van der Waals surface area contributed by atoms with E-state index in [4.69, 9.17) is 4.42 Å². The summed E-state index contributed by atoms with van der Waals surface area (Å²) in [5.41, 5.74) is 1.88. The van der Waals surface area contributed by atoms with Crippen LogP contribution in [0.15, 0.2) is 46.9 Å². The van der Waals surface area contributed by atoms with Gasteiger partial charge in [0.25, 0.3) is 11.8 Å². The van der Waals surface area contributed by atoms with E-state index < -0.39 is 0 Å². The van der Waals surface area contributed by atoms with Crippen LogP contribution in [0.1, 0.15) is 21.3 Å². The number of amides is 1. The lowest BCUT2D eigenvalue weighted by atomic mass is 10.2. The monoisotopic (exact) mass is 350 g/mol. The van der Waals surface area contributed by atoms with Crippen LogP contribution >= 0.6 is 11.3 Å².